The molecule has 0 unspecified atom stereocenters. The van der Waals surface area contributed by atoms with E-state index in [9.17, 15) is 5.11 Å². The first-order chi connectivity index (χ1) is 10.8. The van der Waals surface area contributed by atoms with Crippen LogP contribution in [0.4, 0.5) is 0 Å². The Labute approximate surface area is 137 Å². The van der Waals surface area contributed by atoms with Crippen LogP contribution in [0.15, 0.2) is 65.6 Å². The van der Waals surface area contributed by atoms with Gasteiger partial charge < -0.3 is 9.84 Å². The van der Waals surface area contributed by atoms with Crippen molar-refractivity contribution in [2.75, 3.05) is 12.4 Å². The summed E-state index contributed by atoms with van der Waals surface area (Å²) in [5, 5.41) is 10.3. The van der Waals surface area contributed by atoms with Gasteiger partial charge in [0, 0.05) is 10.6 Å². The molecule has 0 fully saturated rings. The zero-order valence-corrected chi connectivity index (χ0v) is 13.8. The topological polar surface area (TPSA) is 29.5 Å². The Kier molecular flexibility index (Phi) is 7.50. The summed E-state index contributed by atoms with van der Waals surface area (Å²) in [6.07, 6.45) is 0.542. The molecule has 0 aliphatic carbocycles. The number of thioether (sulfide) groups is 1. The van der Waals surface area contributed by atoms with Gasteiger partial charge in [-0.3, -0.25) is 0 Å². The van der Waals surface area contributed by atoms with Crippen molar-refractivity contribution in [3.8, 4) is 0 Å². The zero-order chi connectivity index (χ0) is 15.6. The van der Waals surface area contributed by atoms with Crippen molar-refractivity contribution in [2.24, 2.45) is 5.92 Å². The molecule has 0 saturated heterocycles. The van der Waals surface area contributed by atoms with Crippen LogP contribution < -0.4 is 0 Å². The maximum Gasteiger partial charge on any atom is 0.0809 e. The predicted octanol–water partition coefficient (Wildman–Crippen LogP) is 4.38. The third kappa shape index (κ3) is 5.84. The number of hydrogen-bond acceptors (Lipinski definition) is 3. The van der Waals surface area contributed by atoms with Gasteiger partial charge >= 0.3 is 0 Å². The standard InChI is InChI=1S/C19H24O2S/c1-2-17(15-22-18-11-7-4-8-12-18)19(20)14-21-13-16-9-5-3-6-10-16/h3-12,17,19-20H,2,13-15H2,1H3/t17-,19+/m0/s1. The Balaban J connectivity index is 1.73. The fourth-order valence-corrected chi connectivity index (χ4v) is 3.44. The van der Waals surface area contributed by atoms with Gasteiger partial charge in [0.05, 0.1) is 19.3 Å². The van der Waals surface area contributed by atoms with E-state index in [1.54, 1.807) is 11.8 Å². The monoisotopic (exact) mass is 316 g/mol. The lowest BCUT2D eigenvalue weighted by Crippen LogP contribution is -2.27. The van der Waals surface area contributed by atoms with Gasteiger partial charge in [-0.05, 0) is 30.0 Å². The van der Waals surface area contributed by atoms with E-state index in [0.29, 0.717) is 13.2 Å². The zero-order valence-electron chi connectivity index (χ0n) is 13.0. The van der Waals surface area contributed by atoms with Crippen LogP contribution in [0.1, 0.15) is 18.9 Å². The normalized spacial score (nSPS) is 13.7. The van der Waals surface area contributed by atoms with Crippen molar-refractivity contribution in [3.05, 3.63) is 66.2 Å². The van der Waals surface area contributed by atoms with E-state index in [0.717, 1.165) is 17.7 Å². The molecule has 0 saturated carbocycles. The number of hydrogen-bond donors (Lipinski definition) is 1. The third-order valence-electron chi connectivity index (χ3n) is 3.68. The van der Waals surface area contributed by atoms with Crippen LogP contribution in [0.5, 0.6) is 0 Å². The predicted molar refractivity (Wildman–Crippen MR) is 93.1 cm³/mol. The van der Waals surface area contributed by atoms with Crippen LogP contribution >= 0.6 is 11.8 Å². The fourth-order valence-electron chi connectivity index (χ4n) is 2.23. The molecule has 2 rings (SSSR count). The van der Waals surface area contributed by atoms with Gasteiger partial charge in [-0.1, -0.05) is 55.5 Å². The third-order valence-corrected chi connectivity index (χ3v) is 4.88. The van der Waals surface area contributed by atoms with Gasteiger partial charge in [0.25, 0.3) is 0 Å². The molecule has 3 heteroatoms. The lowest BCUT2D eigenvalue weighted by Gasteiger charge is -2.21. The highest BCUT2D eigenvalue weighted by Gasteiger charge is 2.18. The minimum absolute atomic E-state index is 0.251. The molecular weight excluding hydrogens is 292 g/mol. The van der Waals surface area contributed by atoms with Crippen LogP contribution in [-0.2, 0) is 11.3 Å². The van der Waals surface area contributed by atoms with E-state index in [1.807, 2.05) is 48.5 Å². The Morgan fingerprint density at radius 3 is 2.27 bits per heavy atom. The lowest BCUT2D eigenvalue weighted by atomic mass is 10.0. The van der Waals surface area contributed by atoms with Crippen molar-refractivity contribution >= 4 is 11.8 Å². The van der Waals surface area contributed by atoms with Crippen molar-refractivity contribution in [1.82, 2.24) is 0 Å². The number of benzene rings is 2. The molecule has 0 bridgehead atoms. The Hall–Kier alpha value is -1.29. The molecule has 0 amide bonds. The highest BCUT2D eigenvalue weighted by molar-refractivity contribution is 7.99. The molecule has 0 aliphatic rings. The molecule has 2 aromatic rings. The van der Waals surface area contributed by atoms with Crippen LogP contribution in [0, 0.1) is 5.92 Å². The second-order valence-electron chi connectivity index (χ2n) is 5.36. The average Bonchev–Trinajstić information content (AvgIpc) is 2.57. The first-order valence-electron chi connectivity index (χ1n) is 7.77. The smallest absolute Gasteiger partial charge is 0.0809 e. The van der Waals surface area contributed by atoms with Gasteiger partial charge in [-0.25, -0.2) is 0 Å². The van der Waals surface area contributed by atoms with Gasteiger partial charge in [-0.2, -0.15) is 0 Å². The minimum atomic E-state index is -0.412. The second-order valence-corrected chi connectivity index (χ2v) is 6.45. The van der Waals surface area contributed by atoms with Gasteiger partial charge in [0.1, 0.15) is 0 Å². The van der Waals surface area contributed by atoms with Crippen LogP contribution in [-0.4, -0.2) is 23.6 Å². The van der Waals surface area contributed by atoms with E-state index < -0.39 is 6.10 Å². The molecule has 2 aromatic carbocycles. The molecule has 0 spiro atoms. The van der Waals surface area contributed by atoms with E-state index in [1.165, 1.54) is 4.90 Å². The Morgan fingerprint density at radius 1 is 1.00 bits per heavy atom. The molecule has 0 heterocycles. The molecule has 2 nitrogen and oxygen atoms in total. The molecular formula is C19H24O2S. The summed E-state index contributed by atoms with van der Waals surface area (Å²) >= 11 is 1.80. The second kappa shape index (κ2) is 9.67. The van der Waals surface area contributed by atoms with Crippen molar-refractivity contribution in [1.29, 1.82) is 0 Å². The number of aliphatic hydroxyl groups is 1. The first kappa shape index (κ1) is 17.1. The number of ether oxygens (including phenoxy) is 1. The van der Waals surface area contributed by atoms with E-state index in [2.05, 4.69) is 19.1 Å². The highest BCUT2D eigenvalue weighted by atomic mass is 32.2. The summed E-state index contributed by atoms with van der Waals surface area (Å²) in [5.74, 6) is 1.16. The first-order valence-corrected chi connectivity index (χ1v) is 8.75. The summed E-state index contributed by atoms with van der Waals surface area (Å²) < 4.78 is 5.66. The lowest BCUT2D eigenvalue weighted by molar-refractivity contribution is 0.00245. The Bertz CT molecular complexity index is 515. The Morgan fingerprint density at radius 2 is 1.64 bits per heavy atom. The van der Waals surface area contributed by atoms with E-state index in [4.69, 9.17) is 4.74 Å². The molecule has 0 aliphatic heterocycles. The molecule has 2 atom stereocenters. The van der Waals surface area contributed by atoms with Crippen LogP contribution in [0.2, 0.25) is 0 Å². The summed E-state index contributed by atoms with van der Waals surface area (Å²) in [4.78, 5) is 1.25. The number of aliphatic hydroxyl groups excluding tert-OH is 1. The summed E-state index contributed by atoms with van der Waals surface area (Å²) in [5.41, 5.74) is 1.14. The highest BCUT2D eigenvalue weighted by Crippen LogP contribution is 2.23. The maximum atomic E-state index is 10.3. The van der Waals surface area contributed by atoms with Gasteiger partial charge in [-0.15, -0.1) is 11.8 Å². The summed E-state index contributed by atoms with van der Waals surface area (Å²) in [6, 6.07) is 20.4. The average molecular weight is 316 g/mol. The van der Waals surface area contributed by atoms with Crippen LogP contribution in [0.3, 0.4) is 0 Å². The van der Waals surface area contributed by atoms with Crippen molar-refractivity contribution in [2.45, 2.75) is 31.0 Å². The molecule has 0 aromatic heterocycles. The SMILES string of the molecule is CC[C@@H](CSc1ccccc1)[C@H](O)COCc1ccccc1. The summed E-state index contributed by atoms with van der Waals surface area (Å²) in [6.45, 7) is 3.07. The molecule has 118 valence electrons. The quantitative estimate of drug-likeness (QED) is 0.696. The summed E-state index contributed by atoms with van der Waals surface area (Å²) in [7, 11) is 0. The van der Waals surface area contributed by atoms with Gasteiger partial charge in [0.15, 0.2) is 0 Å². The van der Waals surface area contributed by atoms with Crippen molar-refractivity contribution < 1.29 is 9.84 Å². The van der Waals surface area contributed by atoms with Crippen molar-refractivity contribution in [3.63, 3.8) is 0 Å². The molecule has 1 N–H and O–H groups in total. The van der Waals surface area contributed by atoms with Crippen LogP contribution in [0.25, 0.3) is 0 Å². The fraction of sp³-hybridized carbons (Fsp3) is 0.368. The maximum absolute atomic E-state index is 10.3. The minimum Gasteiger partial charge on any atom is -0.390 e. The number of rotatable bonds is 9. The van der Waals surface area contributed by atoms with Gasteiger partial charge in [0.2, 0.25) is 0 Å². The molecule has 0 radical (unpaired) electrons. The van der Waals surface area contributed by atoms with E-state index >= 15 is 0 Å². The van der Waals surface area contributed by atoms with E-state index in [-0.39, 0.29) is 5.92 Å². The molecule has 22 heavy (non-hydrogen) atoms. The largest absolute Gasteiger partial charge is 0.390 e.